The molecule has 0 atom stereocenters. The van der Waals surface area contributed by atoms with E-state index < -0.39 is 0 Å². The monoisotopic (exact) mass is 226 g/mol. The van der Waals surface area contributed by atoms with Crippen LogP contribution in [0.3, 0.4) is 0 Å². The van der Waals surface area contributed by atoms with Crippen molar-refractivity contribution >= 4 is 26.6 Å². The van der Waals surface area contributed by atoms with Crippen LogP contribution in [0, 0.1) is 0 Å². The van der Waals surface area contributed by atoms with E-state index in [1.54, 1.807) is 0 Å². The first-order valence-corrected chi connectivity index (χ1v) is 6.65. The third kappa shape index (κ3) is 6.67. The zero-order valence-corrected chi connectivity index (χ0v) is 9.16. The Morgan fingerprint density at radius 3 is 2.70 bits per heavy atom. The number of rotatable bonds is 5. The molecule has 0 fully saturated rings. The van der Waals surface area contributed by atoms with Crippen molar-refractivity contribution in [3.8, 4) is 0 Å². The Balaban J connectivity index is 3.16. The van der Waals surface area contributed by atoms with Gasteiger partial charge in [0, 0.05) is 0 Å². The molecule has 0 aliphatic rings. The predicted octanol–water partition coefficient (Wildman–Crippen LogP) is 3.40. The quantitative estimate of drug-likeness (QED) is 0.497. The average Bonchev–Trinajstić information content (AvgIpc) is 1.98. The number of hydrogen-bond acceptors (Lipinski definition) is 0. The van der Waals surface area contributed by atoms with Gasteiger partial charge in [-0.05, 0) is 0 Å². The van der Waals surface area contributed by atoms with Crippen LogP contribution in [0.4, 0.5) is 0 Å². The molecule has 2 heteroatoms. The van der Waals surface area contributed by atoms with Crippen molar-refractivity contribution in [3.63, 3.8) is 0 Å². The Kier molecular flexibility index (Phi) is 8.07. The van der Waals surface area contributed by atoms with E-state index in [1.165, 1.54) is 25.7 Å². The summed E-state index contributed by atoms with van der Waals surface area (Å²) >= 11 is 6.34. The Hall–Kier alpha value is 0.549. The zero-order chi connectivity index (χ0) is 7.82. The number of hydrogen-bond donors (Lipinski definition) is 0. The van der Waals surface area contributed by atoms with Crippen LogP contribution in [0.2, 0.25) is 5.82 Å². The van der Waals surface area contributed by atoms with Gasteiger partial charge in [-0.3, -0.25) is 0 Å². The molecule has 0 aromatic heterocycles. The summed E-state index contributed by atoms with van der Waals surface area (Å²) in [4.78, 5) is 0. The second-order valence-corrected chi connectivity index (χ2v) is 4.90. The van der Waals surface area contributed by atoms with Gasteiger partial charge in [-0.25, -0.2) is 0 Å². The summed E-state index contributed by atoms with van der Waals surface area (Å²) in [6.07, 6.45) is 7.25. The van der Waals surface area contributed by atoms with E-state index in [9.17, 15) is 0 Å². The molecule has 0 bridgehead atoms. The van der Waals surface area contributed by atoms with Crippen molar-refractivity contribution in [2.45, 2.75) is 38.4 Å². The molecule has 0 aromatic carbocycles. The molecule has 60 valence electrons. The molecule has 0 radical (unpaired) electrons. The van der Waals surface area contributed by atoms with E-state index in [1.807, 2.05) is 0 Å². The Labute approximate surface area is 75.2 Å². The Morgan fingerprint density at radius 1 is 1.50 bits per heavy atom. The second-order valence-electron chi connectivity index (χ2n) is 2.21. The van der Waals surface area contributed by atoms with E-state index in [2.05, 4.69) is 18.8 Å². The molecule has 0 saturated heterocycles. The minimum absolute atomic E-state index is 0.508. The van der Waals surface area contributed by atoms with Gasteiger partial charge in [-0.2, -0.15) is 0 Å². The molecular formula is C8H15ClSe. The fraction of sp³-hybridized carbons (Fsp3) is 0.750. The third-order valence-corrected chi connectivity index (χ3v) is 3.43. The van der Waals surface area contributed by atoms with Crippen molar-refractivity contribution in [2.24, 2.45) is 0 Å². The number of allylic oxidation sites excluding steroid dienone is 1. The van der Waals surface area contributed by atoms with Crippen molar-refractivity contribution in [1.82, 2.24) is 0 Å². The summed E-state index contributed by atoms with van der Waals surface area (Å²) in [6.45, 7) is 2.22. The molecule has 0 amide bonds. The van der Waals surface area contributed by atoms with Crippen molar-refractivity contribution in [2.75, 3.05) is 0 Å². The minimum atomic E-state index is 0.508. The zero-order valence-electron chi connectivity index (χ0n) is 6.69. The molecule has 0 N–H and O–H groups in total. The van der Waals surface area contributed by atoms with Gasteiger partial charge in [0.2, 0.25) is 0 Å². The van der Waals surface area contributed by atoms with Gasteiger partial charge >= 0.3 is 75.0 Å². The van der Waals surface area contributed by atoms with Crippen LogP contribution >= 0.6 is 11.6 Å². The summed E-state index contributed by atoms with van der Waals surface area (Å²) < 4.78 is 1.07. The SMILES string of the molecule is CCCCC/C=C(\Cl)[Se]C. The summed E-state index contributed by atoms with van der Waals surface area (Å²) in [5.74, 6) is 2.14. The first kappa shape index (κ1) is 10.5. The Morgan fingerprint density at radius 2 is 2.20 bits per heavy atom. The maximum atomic E-state index is 5.83. The summed E-state index contributed by atoms with van der Waals surface area (Å²) in [7, 11) is 0. The van der Waals surface area contributed by atoms with Crippen LogP contribution < -0.4 is 0 Å². The fourth-order valence-corrected chi connectivity index (χ4v) is 1.40. The maximum absolute atomic E-state index is 5.83. The first-order chi connectivity index (χ1) is 4.81. The van der Waals surface area contributed by atoms with Gasteiger partial charge in [0.25, 0.3) is 0 Å². The summed E-state index contributed by atoms with van der Waals surface area (Å²) in [5, 5.41) is 0. The van der Waals surface area contributed by atoms with Crippen LogP contribution in [-0.2, 0) is 0 Å². The summed E-state index contributed by atoms with van der Waals surface area (Å²) in [6, 6.07) is 0. The molecule has 0 nitrogen and oxygen atoms in total. The first-order valence-electron chi connectivity index (χ1n) is 3.71. The van der Waals surface area contributed by atoms with Crippen molar-refractivity contribution in [3.05, 3.63) is 10.0 Å². The van der Waals surface area contributed by atoms with Crippen LogP contribution in [0.1, 0.15) is 32.6 Å². The van der Waals surface area contributed by atoms with Gasteiger partial charge in [0.15, 0.2) is 0 Å². The van der Waals surface area contributed by atoms with E-state index >= 15 is 0 Å². The van der Waals surface area contributed by atoms with Gasteiger partial charge < -0.3 is 0 Å². The summed E-state index contributed by atoms with van der Waals surface area (Å²) in [5.41, 5.74) is 0. The molecule has 0 spiro atoms. The van der Waals surface area contributed by atoms with Gasteiger partial charge in [-0.15, -0.1) is 0 Å². The molecule has 0 rings (SSSR count). The van der Waals surface area contributed by atoms with Crippen LogP contribution in [0.25, 0.3) is 0 Å². The van der Waals surface area contributed by atoms with Crippen LogP contribution in [0.15, 0.2) is 10.0 Å². The van der Waals surface area contributed by atoms with E-state index in [-0.39, 0.29) is 0 Å². The normalized spacial score (nSPS) is 12.1. The van der Waals surface area contributed by atoms with Crippen LogP contribution in [-0.4, -0.2) is 15.0 Å². The molecule has 0 heterocycles. The van der Waals surface area contributed by atoms with Gasteiger partial charge in [-0.1, -0.05) is 0 Å². The van der Waals surface area contributed by atoms with E-state index in [4.69, 9.17) is 11.6 Å². The molecule has 0 saturated carbocycles. The van der Waals surface area contributed by atoms with E-state index in [0.717, 1.165) is 3.93 Å². The average molecular weight is 226 g/mol. The Bertz CT molecular complexity index is 99.4. The topological polar surface area (TPSA) is 0 Å². The molecule has 0 unspecified atom stereocenters. The van der Waals surface area contributed by atoms with Gasteiger partial charge in [0.05, 0.1) is 0 Å². The van der Waals surface area contributed by atoms with Crippen LogP contribution in [0.5, 0.6) is 0 Å². The number of halogens is 1. The predicted molar refractivity (Wildman–Crippen MR) is 49.7 cm³/mol. The second kappa shape index (κ2) is 7.65. The third-order valence-electron chi connectivity index (χ3n) is 1.31. The van der Waals surface area contributed by atoms with Crippen molar-refractivity contribution in [1.29, 1.82) is 0 Å². The molecule has 10 heavy (non-hydrogen) atoms. The van der Waals surface area contributed by atoms with Crippen molar-refractivity contribution < 1.29 is 0 Å². The molecule has 0 aromatic rings. The fourth-order valence-electron chi connectivity index (χ4n) is 0.693. The molecule has 0 aliphatic carbocycles. The number of unbranched alkanes of at least 4 members (excludes halogenated alkanes) is 3. The standard InChI is InChI=1S/C8H15ClSe/c1-3-4-5-6-7-8(9)10-2/h7H,3-6H2,1-2H3/b8-7+. The molecule has 0 aliphatic heterocycles. The molecular weight excluding hydrogens is 211 g/mol. The van der Waals surface area contributed by atoms with E-state index in [0.29, 0.717) is 15.0 Å². The van der Waals surface area contributed by atoms with Gasteiger partial charge in [0.1, 0.15) is 0 Å².